The topological polar surface area (TPSA) is 69.5 Å². The van der Waals surface area contributed by atoms with Crippen molar-refractivity contribution in [3.63, 3.8) is 0 Å². The molecule has 0 aromatic heterocycles. The van der Waals surface area contributed by atoms with Crippen LogP contribution in [0.4, 0.5) is 0 Å². The maximum atomic E-state index is 13.6. The Hall–Kier alpha value is -2.25. The molecule has 2 heterocycles. The molecule has 6 nitrogen and oxygen atoms in total. The van der Waals surface area contributed by atoms with Crippen molar-refractivity contribution >= 4 is 63.8 Å². The van der Waals surface area contributed by atoms with E-state index in [2.05, 4.69) is 10.3 Å². The number of ether oxygens (including phenoxy) is 1. The largest absolute Gasteiger partial charge is 0.420 e. The Bertz CT molecular complexity index is 1190. The van der Waals surface area contributed by atoms with E-state index in [9.17, 15) is 4.79 Å². The fourth-order valence-corrected chi connectivity index (χ4v) is 4.99. The molecule has 10 heteroatoms. The molecule has 1 spiro atoms. The lowest BCUT2D eigenvalue weighted by atomic mass is 9.78. The summed E-state index contributed by atoms with van der Waals surface area (Å²) in [5, 5.41) is 9.40. The second-order valence-electron chi connectivity index (χ2n) is 7.18. The second kappa shape index (κ2) is 7.41. The van der Waals surface area contributed by atoms with E-state index >= 15 is 0 Å². The number of ketones is 1. The summed E-state index contributed by atoms with van der Waals surface area (Å²) in [5.74, 6) is -3.14. The van der Waals surface area contributed by atoms with Crippen LogP contribution in [0.1, 0.15) is 18.1 Å². The first-order chi connectivity index (χ1) is 14.8. The zero-order valence-electron chi connectivity index (χ0n) is 15.7. The third kappa shape index (κ3) is 3.12. The van der Waals surface area contributed by atoms with Crippen molar-refractivity contribution in [1.29, 1.82) is 0 Å². The number of fused-ring (bicyclic) bond motifs is 1. The van der Waals surface area contributed by atoms with Gasteiger partial charge in [-0.1, -0.05) is 63.7 Å². The highest BCUT2D eigenvalue weighted by molar-refractivity contribution is 6.42. The molecule has 3 unspecified atom stereocenters. The van der Waals surface area contributed by atoms with Gasteiger partial charge in [0.05, 0.1) is 25.7 Å². The molecule has 158 valence electrons. The molecule has 0 amide bonds. The third-order valence-electron chi connectivity index (χ3n) is 5.26. The van der Waals surface area contributed by atoms with Crippen LogP contribution in [0.2, 0.25) is 20.1 Å². The first-order valence-electron chi connectivity index (χ1n) is 9.14. The lowest BCUT2D eigenvalue weighted by molar-refractivity contribution is -0.172. The van der Waals surface area contributed by atoms with Crippen LogP contribution in [-0.2, 0) is 19.2 Å². The predicted octanol–water partition coefficient (Wildman–Crippen LogP) is 5.65. The first-order valence-corrected chi connectivity index (χ1v) is 10.6. The molecule has 2 aromatic carbocycles. The van der Waals surface area contributed by atoms with Crippen LogP contribution in [0.3, 0.4) is 0 Å². The number of hydrogen-bond donors (Lipinski definition) is 0. The number of rotatable bonds is 2. The zero-order chi connectivity index (χ0) is 21.9. The molecule has 1 aliphatic carbocycles. The minimum absolute atomic E-state index is 0.000343. The van der Waals surface area contributed by atoms with Crippen molar-refractivity contribution in [2.24, 2.45) is 16.2 Å². The van der Waals surface area contributed by atoms with Crippen molar-refractivity contribution in [3.05, 3.63) is 79.3 Å². The molecule has 0 saturated heterocycles. The summed E-state index contributed by atoms with van der Waals surface area (Å²) in [4.78, 5) is 24.7. The summed E-state index contributed by atoms with van der Waals surface area (Å²) in [6, 6.07) is 9.98. The van der Waals surface area contributed by atoms with Gasteiger partial charge in [-0.3, -0.25) is 4.79 Å². The fourth-order valence-electron chi connectivity index (χ4n) is 3.84. The Morgan fingerprint density at radius 3 is 2.10 bits per heavy atom. The van der Waals surface area contributed by atoms with Gasteiger partial charge >= 0.3 is 5.79 Å². The number of carbonyl (C=O) groups excluding carboxylic acids is 1. The molecule has 0 bridgehead atoms. The quantitative estimate of drug-likeness (QED) is 0.502. The summed E-state index contributed by atoms with van der Waals surface area (Å²) in [6.45, 7) is 1.78. The van der Waals surface area contributed by atoms with Gasteiger partial charge in [0.25, 0.3) is 5.90 Å². The minimum atomic E-state index is -1.81. The molecule has 31 heavy (non-hydrogen) atoms. The van der Waals surface area contributed by atoms with Crippen LogP contribution in [0.5, 0.6) is 0 Å². The third-order valence-corrected chi connectivity index (χ3v) is 6.52. The number of carbonyl (C=O) groups is 1. The van der Waals surface area contributed by atoms with E-state index in [0.717, 1.165) is 0 Å². The summed E-state index contributed by atoms with van der Waals surface area (Å²) >= 11 is 25.2. The number of oxime groups is 2. The van der Waals surface area contributed by atoms with Gasteiger partial charge < -0.3 is 14.4 Å². The number of benzene rings is 2. The van der Waals surface area contributed by atoms with E-state index in [1.54, 1.807) is 43.3 Å². The number of hydrogen-bond acceptors (Lipinski definition) is 6. The molecule has 0 fully saturated rings. The van der Waals surface area contributed by atoms with E-state index in [4.69, 9.17) is 60.8 Å². The maximum Gasteiger partial charge on any atom is 0.357 e. The normalized spacial score (nSPS) is 26.5. The van der Waals surface area contributed by atoms with Crippen LogP contribution in [0.15, 0.2) is 58.4 Å². The van der Waals surface area contributed by atoms with Gasteiger partial charge in [-0.15, -0.1) is 0 Å². The Morgan fingerprint density at radius 1 is 0.903 bits per heavy atom. The molecule has 2 aromatic rings. The van der Waals surface area contributed by atoms with Crippen LogP contribution >= 0.6 is 46.4 Å². The molecule has 5 rings (SSSR count). The highest BCUT2D eigenvalue weighted by Crippen LogP contribution is 2.44. The van der Waals surface area contributed by atoms with Crippen LogP contribution in [0, 0.1) is 5.92 Å². The average molecular weight is 498 g/mol. The number of nitrogens with zero attached hydrogens (tertiary/aromatic N) is 2. The summed E-state index contributed by atoms with van der Waals surface area (Å²) < 4.78 is 5.93. The second-order valence-corrected chi connectivity index (χ2v) is 8.81. The van der Waals surface area contributed by atoms with E-state index in [0.29, 0.717) is 42.5 Å². The average Bonchev–Trinajstić information content (AvgIpc) is 3.32. The van der Waals surface area contributed by atoms with Crippen molar-refractivity contribution in [1.82, 2.24) is 0 Å². The van der Waals surface area contributed by atoms with Crippen LogP contribution < -0.4 is 0 Å². The summed E-state index contributed by atoms with van der Waals surface area (Å²) in [6.07, 6.45) is 0.880. The van der Waals surface area contributed by atoms with E-state index < -0.39 is 23.6 Å². The summed E-state index contributed by atoms with van der Waals surface area (Å²) in [5.41, 5.74) is 1.72. The van der Waals surface area contributed by atoms with Gasteiger partial charge in [-0.05, 0) is 41.9 Å². The SMILES string of the molecule is CC1=CC2(ON=C(c3c(Cl)cccc3Cl)O2)C(=O)C2C(c3c(Cl)cccc3Cl)=NOC12. The number of Topliss-reactive ketones (excluding diaryl/α,β-unsaturated/α-hetero) is 1. The zero-order valence-corrected chi connectivity index (χ0v) is 18.8. The minimum Gasteiger partial charge on any atom is -0.420 e. The van der Waals surface area contributed by atoms with Gasteiger partial charge in [0, 0.05) is 11.6 Å². The molecule has 0 radical (unpaired) electrons. The van der Waals surface area contributed by atoms with Gasteiger partial charge in [0.1, 0.15) is 11.6 Å². The highest BCUT2D eigenvalue weighted by atomic mass is 35.5. The van der Waals surface area contributed by atoms with Gasteiger partial charge in [-0.2, -0.15) is 0 Å². The van der Waals surface area contributed by atoms with Crippen molar-refractivity contribution in [3.8, 4) is 0 Å². The van der Waals surface area contributed by atoms with Gasteiger partial charge in [0.15, 0.2) is 6.10 Å². The smallest absolute Gasteiger partial charge is 0.357 e. The lowest BCUT2D eigenvalue weighted by Gasteiger charge is -2.32. The molecular weight excluding hydrogens is 486 g/mol. The standard InChI is InChI=1S/C21H12Cl4N2O4/c1-9-8-21(29-20(27-31-21)15-12(24)6-3-7-13(15)25)19(28)16-17(26-30-18(9)16)14-10(22)4-2-5-11(14)23/h2-8,16,18H,1H3. The van der Waals surface area contributed by atoms with Crippen LogP contribution in [-0.4, -0.2) is 29.3 Å². The molecule has 0 saturated carbocycles. The molecule has 0 N–H and O–H groups in total. The summed E-state index contributed by atoms with van der Waals surface area (Å²) in [7, 11) is 0. The Labute approximate surface area is 196 Å². The molecule has 3 aliphatic rings. The highest BCUT2D eigenvalue weighted by Gasteiger charge is 2.60. The molecule has 3 atom stereocenters. The van der Waals surface area contributed by atoms with Crippen molar-refractivity contribution in [2.75, 3.05) is 0 Å². The first kappa shape index (κ1) is 20.6. The Balaban J connectivity index is 1.54. The molecule has 2 aliphatic heterocycles. The Morgan fingerprint density at radius 2 is 1.48 bits per heavy atom. The van der Waals surface area contributed by atoms with E-state index in [1.807, 2.05) is 0 Å². The van der Waals surface area contributed by atoms with Crippen LogP contribution in [0.25, 0.3) is 0 Å². The van der Waals surface area contributed by atoms with Gasteiger partial charge in [0.2, 0.25) is 5.78 Å². The monoisotopic (exact) mass is 496 g/mol. The fraction of sp³-hybridized carbons (Fsp3) is 0.190. The Kier molecular flexibility index (Phi) is 4.94. The van der Waals surface area contributed by atoms with Gasteiger partial charge in [-0.25, -0.2) is 0 Å². The maximum absolute atomic E-state index is 13.6. The van der Waals surface area contributed by atoms with E-state index in [1.165, 1.54) is 6.08 Å². The van der Waals surface area contributed by atoms with Crippen molar-refractivity contribution < 1.29 is 19.2 Å². The lowest BCUT2D eigenvalue weighted by Crippen LogP contribution is -2.52. The molecular formula is C21H12Cl4N2O4. The van der Waals surface area contributed by atoms with E-state index in [-0.39, 0.29) is 5.90 Å². The predicted molar refractivity (Wildman–Crippen MR) is 118 cm³/mol. The number of halogens is 4. The van der Waals surface area contributed by atoms with Crippen molar-refractivity contribution in [2.45, 2.75) is 18.8 Å².